The number of amides is 1. The molecule has 1 amide bonds. The molecule has 4 rings (SSSR count). The summed E-state index contributed by atoms with van der Waals surface area (Å²) in [7, 11) is 0. The molecule has 0 atom stereocenters. The van der Waals surface area contributed by atoms with Crippen LogP contribution in [0.5, 0.6) is 5.75 Å². The molecule has 0 aliphatic carbocycles. The van der Waals surface area contributed by atoms with Gasteiger partial charge in [-0.25, -0.2) is 9.78 Å². The molecule has 9 nitrogen and oxygen atoms in total. The number of carbonyl (C=O) groups is 2. The molecule has 0 unspecified atom stereocenters. The van der Waals surface area contributed by atoms with Crippen LogP contribution in [0.4, 0.5) is 5.82 Å². The lowest BCUT2D eigenvalue weighted by molar-refractivity contribution is -0.139. The molecule has 0 fully saturated rings. The van der Waals surface area contributed by atoms with Crippen molar-refractivity contribution in [3.63, 3.8) is 0 Å². The monoisotopic (exact) mass is 401 g/mol. The number of benzene rings is 1. The molecule has 144 valence electrons. The van der Waals surface area contributed by atoms with Gasteiger partial charge in [0.05, 0.1) is 11.1 Å². The van der Waals surface area contributed by atoms with E-state index in [1.807, 2.05) is 4.57 Å². The summed E-state index contributed by atoms with van der Waals surface area (Å²) in [6.07, 6.45) is 3.04. The van der Waals surface area contributed by atoms with Gasteiger partial charge in [0.15, 0.2) is 6.61 Å². The van der Waals surface area contributed by atoms with E-state index in [1.54, 1.807) is 36.5 Å². The molecular formula is C18H16ClN5O4. The number of aromatic nitrogens is 3. The fourth-order valence-corrected chi connectivity index (χ4v) is 2.87. The number of fused-ring (bicyclic) bond motifs is 3. The SMILES string of the molecule is Cl.O=C(O)COc1ccc2c3n(c(=NC(=O)c4cccnc4)nc2c1)CCN3. The first kappa shape index (κ1) is 19.3. The van der Waals surface area contributed by atoms with Crippen molar-refractivity contribution >= 4 is 41.0 Å². The van der Waals surface area contributed by atoms with Gasteiger partial charge in [-0.2, -0.15) is 4.99 Å². The Bertz CT molecular complexity index is 1110. The second-order valence-electron chi connectivity index (χ2n) is 5.86. The van der Waals surface area contributed by atoms with E-state index in [-0.39, 0.29) is 18.0 Å². The predicted molar refractivity (Wildman–Crippen MR) is 103 cm³/mol. The van der Waals surface area contributed by atoms with Gasteiger partial charge in [0.25, 0.3) is 5.91 Å². The number of aliphatic carboxylic acids is 1. The Morgan fingerprint density at radius 2 is 2.18 bits per heavy atom. The Kier molecular flexibility index (Phi) is 5.55. The molecular weight excluding hydrogens is 386 g/mol. The van der Waals surface area contributed by atoms with Crippen molar-refractivity contribution in [2.75, 3.05) is 18.5 Å². The topological polar surface area (TPSA) is 119 Å². The molecule has 1 aliphatic rings. The number of rotatable bonds is 4. The molecule has 0 radical (unpaired) electrons. The Labute approximate surface area is 165 Å². The van der Waals surface area contributed by atoms with Crippen LogP contribution in [0.2, 0.25) is 0 Å². The molecule has 0 spiro atoms. The Balaban J connectivity index is 0.00000225. The zero-order valence-corrected chi connectivity index (χ0v) is 15.3. The van der Waals surface area contributed by atoms with Crippen LogP contribution in [-0.2, 0) is 11.3 Å². The van der Waals surface area contributed by atoms with Crippen molar-refractivity contribution in [3.05, 3.63) is 53.9 Å². The zero-order chi connectivity index (χ0) is 18.8. The summed E-state index contributed by atoms with van der Waals surface area (Å²) in [5.74, 6) is -0.311. The summed E-state index contributed by atoms with van der Waals surface area (Å²) in [6, 6.07) is 8.43. The first-order valence-corrected chi connectivity index (χ1v) is 8.24. The number of nitrogens with one attached hydrogen (secondary N) is 1. The van der Waals surface area contributed by atoms with E-state index in [1.165, 1.54) is 6.20 Å². The minimum Gasteiger partial charge on any atom is -0.482 e. The molecule has 0 saturated carbocycles. The van der Waals surface area contributed by atoms with Gasteiger partial charge in [-0.15, -0.1) is 12.4 Å². The number of hydrogen-bond acceptors (Lipinski definition) is 6. The Morgan fingerprint density at radius 3 is 2.93 bits per heavy atom. The van der Waals surface area contributed by atoms with E-state index in [9.17, 15) is 9.59 Å². The minimum atomic E-state index is -1.06. The lowest BCUT2D eigenvalue weighted by Crippen LogP contribution is -2.24. The number of ether oxygens (including phenoxy) is 1. The number of nitrogens with zero attached hydrogens (tertiary/aromatic N) is 4. The van der Waals surface area contributed by atoms with Gasteiger partial charge in [-0.05, 0) is 24.3 Å². The molecule has 3 heterocycles. The summed E-state index contributed by atoms with van der Waals surface area (Å²) < 4.78 is 7.05. The van der Waals surface area contributed by atoms with E-state index < -0.39 is 18.5 Å². The maximum Gasteiger partial charge on any atom is 0.341 e. The Hall–Kier alpha value is -3.46. The van der Waals surface area contributed by atoms with Crippen molar-refractivity contribution in [3.8, 4) is 5.75 Å². The smallest absolute Gasteiger partial charge is 0.341 e. The van der Waals surface area contributed by atoms with E-state index >= 15 is 0 Å². The van der Waals surface area contributed by atoms with Gasteiger partial charge < -0.3 is 15.2 Å². The predicted octanol–water partition coefficient (Wildman–Crippen LogP) is 1.48. The summed E-state index contributed by atoms with van der Waals surface area (Å²) in [5.41, 5.74) is 1.20. The second kappa shape index (κ2) is 8.05. The number of hydrogen-bond donors (Lipinski definition) is 2. The maximum absolute atomic E-state index is 12.4. The van der Waals surface area contributed by atoms with E-state index in [0.717, 1.165) is 11.2 Å². The molecule has 0 saturated heterocycles. The summed E-state index contributed by atoms with van der Waals surface area (Å²) in [5, 5.41) is 12.9. The number of carbonyl (C=O) groups excluding carboxylic acids is 1. The van der Waals surface area contributed by atoms with Crippen LogP contribution in [0.25, 0.3) is 10.9 Å². The summed E-state index contributed by atoms with van der Waals surface area (Å²) >= 11 is 0. The molecule has 28 heavy (non-hydrogen) atoms. The number of pyridine rings is 1. The third-order valence-corrected chi connectivity index (χ3v) is 4.06. The van der Waals surface area contributed by atoms with E-state index in [4.69, 9.17) is 9.84 Å². The van der Waals surface area contributed by atoms with Crippen LogP contribution in [0.15, 0.2) is 47.7 Å². The normalized spacial score (nSPS) is 12.8. The quantitative estimate of drug-likeness (QED) is 0.679. The van der Waals surface area contributed by atoms with Crippen LogP contribution in [-0.4, -0.2) is 44.7 Å². The van der Waals surface area contributed by atoms with Crippen molar-refractivity contribution < 1.29 is 19.4 Å². The van der Waals surface area contributed by atoms with E-state index in [0.29, 0.717) is 29.9 Å². The van der Waals surface area contributed by atoms with Crippen LogP contribution >= 0.6 is 12.4 Å². The highest BCUT2D eigenvalue weighted by molar-refractivity contribution is 5.95. The molecule has 2 aromatic heterocycles. The van der Waals surface area contributed by atoms with Crippen LogP contribution < -0.4 is 15.7 Å². The van der Waals surface area contributed by atoms with Gasteiger partial charge in [-0.1, -0.05) is 0 Å². The second-order valence-corrected chi connectivity index (χ2v) is 5.86. The highest BCUT2D eigenvalue weighted by atomic mass is 35.5. The average molecular weight is 402 g/mol. The van der Waals surface area contributed by atoms with Gasteiger partial charge in [-0.3, -0.25) is 14.3 Å². The zero-order valence-electron chi connectivity index (χ0n) is 14.5. The summed E-state index contributed by atoms with van der Waals surface area (Å²) in [4.78, 5) is 35.7. The maximum atomic E-state index is 12.4. The third kappa shape index (κ3) is 3.79. The molecule has 1 aromatic carbocycles. The number of carboxylic acid groups (broad SMARTS) is 1. The number of carboxylic acids is 1. The van der Waals surface area contributed by atoms with Gasteiger partial charge >= 0.3 is 5.97 Å². The fourth-order valence-electron chi connectivity index (χ4n) is 2.87. The Morgan fingerprint density at radius 1 is 1.32 bits per heavy atom. The average Bonchev–Trinajstić information content (AvgIpc) is 3.17. The molecule has 2 N–H and O–H groups in total. The van der Waals surface area contributed by atoms with Crippen LogP contribution in [0.1, 0.15) is 10.4 Å². The lowest BCUT2D eigenvalue weighted by atomic mass is 10.2. The van der Waals surface area contributed by atoms with Crippen molar-refractivity contribution in [1.82, 2.24) is 14.5 Å². The van der Waals surface area contributed by atoms with Crippen LogP contribution in [0, 0.1) is 0 Å². The van der Waals surface area contributed by atoms with Gasteiger partial charge in [0, 0.05) is 36.9 Å². The van der Waals surface area contributed by atoms with Crippen molar-refractivity contribution in [1.29, 1.82) is 0 Å². The fraction of sp³-hybridized carbons (Fsp3) is 0.167. The first-order chi connectivity index (χ1) is 13.1. The standard InChI is InChI=1S/C18H15N5O4.ClH/c24-15(25)10-27-12-3-4-13-14(8-12)21-18(23-7-6-20-16(13)23)22-17(26)11-2-1-5-19-9-11;/h1-5,8-9,20H,6-7,10H2,(H,24,25);1H. The molecule has 0 bridgehead atoms. The van der Waals surface area contributed by atoms with E-state index in [2.05, 4.69) is 20.3 Å². The van der Waals surface area contributed by atoms with Gasteiger partial charge in [0.1, 0.15) is 11.6 Å². The van der Waals surface area contributed by atoms with Gasteiger partial charge in [0.2, 0.25) is 5.62 Å². The van der Waals surface area contributed by atoms with Crippen LogP contribution in [0.3, 0.4) is 0 Å². The highest BCUT2D eigenvalue weighted by Gasteiger charge is 2.17. The third-order valence-electron chi connectivity index (χ3n) is 4.06. The number of halogens is 1. The highest BCUT2D eigenvalue weighted by Crippen LogP contribution is 2.26. The first-order valence-electron chi connectivity index (χ1n) is 8.24. The largest absolute Gasteiger partial charge is 0.482 e. The van der Waals surface area contributed by atoms with Crippen molar-refractivity contribution in [2.45, 2.75) is 6.54 Å². The molecule has 1 aliphatic heterocycles. The molecule has 3 aromatic rings. The number of anilines is 1. The summed E-state index contributed by atoms with van der Waals surface area (Å²) in [6.45, 7) is 0.885. The molecule has 10 heteroatoms. The van der Waals surface area contributed by atoms with Crippen molar-refractivity contribution in [2.24, 2.45) is 4.99 Å². The minimum absolute atomic E-state index is 0. The lowest BCUT2D eigenvalue weighted by Gasteiger charge is -2.10.